The summed E-state index contributed by atoms with van der Waals surface area (Å²) in [7, 11) is -3.78. The number of anilines is 1. The molecule has 0 bridgehead atoms. The highest BCUT2D eigenvalue weighted by Crippen LogP contribution is 2.35. The Morgan fingerprint density at radius 1 is 1.03 bits per heavy atom. The third-order valence-electron chi connectivity index (χ3n) is 6.28. The summed E-state index contributed by atoms with van der Waals surface area (Å²) < 4.78 is 27.7. The molecule has 2 aliphatic rings. The van der Waals surface area contributed by atoms with Gasteiger partial charge in [0, 0.05) is 24.3 Å². The molecule has 4 rings (SSSR count). The highest BCUT2D eigenvalue weighted by atomic mass is 32.2. The van der Waals surface area contributed by atoms with Crippen molar-refractivity contribution in [3.05, 3.63) is 59.7 Å². The highest BCUT2D eigenvalue weighted by Gasteiger charge is 2.51. The molecule has 0 radical (unpaired) electrons. The number of benzene rings is 2. The third-order valence-corrected chi connectivity index (χ3v) is 7.67. The Hall–Kier alpha value is -3.40. The summed E-state index contributed by atoms with van der Waals surface area (Å²) in [6.45, 7) is 2.42. The van der Waals surface area contributed by atoms with Gasteiger partial charge >= 0.3 is 6.03 Å². The van der Waals surface area contributed by atoms with Gasteiger partial charge in [-0.25, -0.2) is 13.2 Å². The molecule has 0 aromatic heterocycles. The molecule has 34 heavy (non-hydrogen) atoms. The molecule has 2 fully saturated rings. The van der Waals surface area contributed by atoms with Crippen LogP contribution in [0, 0.1) is 6.92 Å². The van der Waals surface area contributed by atoms with E-state index in [-0.39, 0.29) is 35.8 Å². The number of nitrogens with one attached hydrogen (secondary N) is 3. The van der Waals surface area contributed by atoms with Crippen molar-refractivity contribution in [2.24, 2.45) is 0 Å². The van der Waals surface area contributed by atoms with E-state index in [1.807, 2.05) is 19.1 Å². The molecule has 10 heteroatoms. The second kappa shape index (κ2) is 9.46. The van der Waals surface area contributed by atoms with Crippen LogP contribution in [0.5, 0.6) is 0 Å². The van der Waals surface area contributed by atoms with E-state index < -0.39 is 15.6 Å². The van der Waals surface area contributed by atoms with Crippen molar-refractivity contribution >= 4 is 33.6 Å². The summed E-state index contributed by atoms with van der Waals surface area (Å²) >= 11 is 0. The average molecular weight is 485 g/mol. The number of hydrogen-bond acceptors (Lipinski definition) is 5. The second-order valence-electron chi connectivity index (χ2n) is 8.78. The van der Waals surface area contributed by atoms with E-state index >= 15 is 0 Å². The van der Waals surface area contributed by atoms with E-state index in [9.17, 15) is 22.8 Å². The van der Waals surface area contributed by atoms with Crippen LogP contribution < -0.4 is 15.4 Å². The van der Waals surface area contributed by atoms with Gasteiger partial charge in [-0.1, -0.05) is 30.5 Å². The standard InChI is InChI=1S/C24H28N4O5S/c1-17-5-9-19(10-6-17)27-34(32,33)20-11-7-18(8-12-20)21(29)25-15-4-16-28-22(30)24(26-23(28)31)13-2-3-14-24/h5-12,27H,2-4,13-16H2,1H3,(H,25,29)(H,26,31). The SMILES string of the molecule is Cc1ccc(NS(=O)(=O)c2ccc(C(=O)NCCCN3C(=O)NC4(CCCC4)C3=O)cc2)cc1. The lowest BCUT2D eigenvalue weighted by atomic mass is 9.98. The van der Waals surface area contributed by atoms with Crippen LogP contribution in [-0.4, -0.2) is 49.8 Å². The van der Waals surface area contributed by atoms with Gasteiger partial charge in [-0.05, 0) is 62.6 Å². The van der Waals surface area contributed by atoms with E-state index in [0.29, 0.717) is 30.5 Å². The van der Waals surface area contributed by atoms with Crippen LogP contribution in [0.2, 0.25) is 0 Å². The van der Waals surface area contributed by atoms with Crippen molar-refractivity contribution in [2.45, 2.75) is 49.5 Å². The number of hydrogen-bond donors (Lipinski definition) is 3. The third kappa shape index (κ3) is 4.91. The minimum atomic E-state index is -3.78. The van der Waals surface area contributed by atoms with Gasteiger partial charge in [-0.3, -0.25) is 19.2 Å². The van der Waals surface area contributed by atoms with Crippen LogP contribution in [0.15, 0.2) is 53.4 Å². The molecule has 1 spiro atoms. The molecule has 1 aliphatic carbocycles. The van der Waals surface area contributed by atoms with Crippen LogP contribution in [0.3, 0.4) is 0 Å². The summed E-state index contributed by atoms with van der Waals surface area (Å²) in [5, 5.41) is 5.58. The van der Waals surface area contributed by atoms with Crippen LogP contribution >= 0.6 is 0 Å². The van der Waals surface area contributed by atoms with Gasteiger partial charge in [-0.15, -0.1) is 0 Å². The van der Waals surface area contributed by atoms with Crippen molar-refractivity contribution < 1.29 is 22.8 Å². The number of rotatable bonds is 8. The molecule has 3 N–H and O–H groups in total. The smallest absolute Gasteiger partial charge is 0.325 e. The first-order chi connectivity index (χ1) is 16.2. The summed E-state index contributed by atoms with van der Waals surface area (Å²) in [4.78, 5) is 38.5. The van der Waals surface area contributed by atoms with E-state index in [2.05, 4.69) is 15.4 Å². The maximum atomic E-state index is 12.6. The Morgan fingerprint density at radius 3 is 2.32 bits per heavy atom. The Kier molecular flexibility index (Phi) is 6.60. The predicted octanol–water partition coefficient (Wildman–Crippen LogP) is 2.78. The molecular weight excluding hydrogens is 456 g/mol. The van der Waals surface area contributed by atoms with Crippen LogP contribution in [0.4, 0.5) is 10.5 Å². The first kappa shape index (κ1) is 23.7. The molecule has 180 valence electrons. The lowest BCUT2D eigenvalue weighted by molar-refractivity contribution is -0.131. The van der Waals surface area contributed by atoms with E-state index in [0.717, 1.165) is 18.4 Å². The van der Waals surface area contributed by atoms with Crippen molar-refractivity contribution in [3.63, 3.8) is 0 Å². The normalized spacial score (nSPS) is 17.1. The number of amides is 4. The molecule has 1 heterocycles. The number of urea groups is 1. The fraction of sp³-hybridized carbons (Fsp3) is 0.375. The number of sulfonamides is 1. The zero-order valence-electron chi connectivity index (χ0n) is 19.0. The molecule has 4 amide bonds. The Bertz CT molecular complexity index is 1190. The van der Waals surface area contributed by atoms with Crippen LogP contribution in [-0.2, 0) is 14.8 Å². The van der Waals surface area contributed by atoms with Crippen molar-refractivity contribution in [1.29, 1.82) is 0 Å². The summed E-state index contributed by atoms with van der Waals surface area (Å²) in [5.41, 5.74) is 1.06. The first-order valence-corrected chi connectivity index (χ1v) is 12.8. The highest BCUT2D eigenvalue weighted by molar-refractivity contribution is 7.92. The average Bonchev–Trinajstić information content (AvgIpc) is 3.37. The minimum absolute atomic E-state index is 0.0454. The molecule has 0 unspecified atom stereocenters. The van der Waals surface area contributed by atoms with Gasteiger partial charge < -0.3 is 10.6 Å². The lowest BCUT2D eigenvalue weighted by Crippen LogP contribution is -2.44. The molecule has 1 saturated carbocycles. The van der Waals surface area contributed by atoms with Crippen LogP contribution in [0.1, 0.15) is 48.0 Å². The Morgan fingerprint density at radius 2 is 1.68 bits per heavy atom. The largest absolute Gasteiger partial charge is 0.352 e. The maximum Gasteiger partial charge on any atom is 0.325 e. The van der Waals surface area contributed by atoms with Gasteiger partial charge in [0.25, 0.3) is 21.8 Å². The van der Waals surface area contributed by atoms with Crippen molar-refractivity contribution in [3.8, 4) is 0 Å². The van der Waals surface area contributed by atoms with Gasteiger partial charge in [0.15, 0.2) is 0 Å². The summed E-state index contributed by atoms with van der Waals surface area (Å²) in [5.74, 6) is -0.530. The molecule has 2 aromatic carbocycles. The maximum absolute atomic E-state index is 12.6. The number of aryl methyl sites for hydroxylation is 1. The zero-order valence-corrected chi connectivity index (χ0v) is 19.8. The number of carbonyl (C=O) groups is 3. The van der Waals surface area contributed by atoms with E-state index in [1.54, 1.807) is 12.1 Å². The number of imide groups is 1. The molecule has 1 saturated heterocycles. The number of nitrogens with zero attached hydrogens (tertiary/aromatic N) is 1. The topological polar surface area (TPSA) is 125 Å². The second-order valence-corrected chi connectivity index (χ2v) is 10.5. The predicted molar refractivity (Wildman–Crippen MR) is 127 cm³/mol. The van der Waals surface area contributed by atoms with Gasteiger partial charge in [0.2, 0.25) is 0 Å². The molecule has 0 atom stereocenters. The van der Waals surface area contributed by atoms with E-state index in [4.69, 9.17) is 0 Å². The van der Waals surface area contributed by atoms with Crippen LogP contribution in [0.25, 0.3) is 0 Å². The quantitative estimate of drug-likeness (QED) is 0.393. The fourth-order valence-corrected chi connectivity index (χ4v) is 5.42. The van der Waals surface area contributed by atoms with E-state index in [1.165, 1.54) is 29.2 Å². The van der Waals surface area contributed by atoms with Crippen molar-refractivity contribution in [2.75, 3.05) is 17.8 Å². The summed E-state index contributed by atoms with van der Waals surface area (Å²) in [6, 6.07) is 12.3. The minimum Gasteiger partial charge on any atom is -0.352 e. The fourth-order valence-electron chi connectivity index (χ4n) is 4.36. The monoisotopic (exact) mass is 484 g/mol. The summed E-state index contributed by atoms with van der Waals surface area (Å²) in [6.07, 6.45) is 3.64. The first-order valence-electron chi connectivity index (χ1n) is 11.3. The molecular formula is C24H28N4O5S. The van der Waals surface area contributed by atoms with Gasteiger partial charge in [0.1, 0.15) is 5.54 Å². The number of carbonyl (C=O) groups excluding carboxylic acids is 3. The van der Waals surface area contributed by atoms with Crippen molar-refractivity contribution in [1.82, 2.24) is 15.5 Å². The van der Waals surface area contributed by atoms with Gasteiger partial charge in [0.05, 0.1) is 4.90 Å². The molecule has 2 aromatic rings. The molecule has 1 aliphatic heterocycles. The molecule has 9 nitrogen and oxygen atoms in total. The van der Waals surface area contributed by atoms with Gasteiger partial charge in [-0.2, -0.15) is 0 Å². The zero-order chi connectivity index (χ0) is 24.3. The lowest BCUT2D eigenvalue weighted by Gasteiger charge is -2.20. The Balaban J connectivity index is 1.27. The Labute approximate surface area is 199 Å².